The highest BCUT2D eigenvalue weighted by Gasteiger charge is 2.04. The van der Waals surface area contributed by atoms with E-state index in [0.29, 0.717) is 0 Å². The zero-order valence-electron chi connectivity index (χ0n) is 6.56. The summed E-state index contributed by atoms with van der Waals surface area (Å²) in [6, 6.07) is 0. The van der Waals surface area contributed by atoms with Gasteiger partial charge in [-0.25, -0.2) is 4.98 Å². The first kappa shape index (κ1) is 9.13. The van der Waals surface area contributed by atoms with Crippen molar-refractivity contribution in [3.8, 4) is 0 Å². The minimum Gasteiger partial charge on any atom is -0.437 e. The number of halogens is 1. The molecular formula is C7H10BrNOS. The van der Waals surface area contributed by atoms with Crippen LogP contribution in [0.15, 0.2) is 9.64 Å². The fourth-order valence-corrected chi connectivity index (χ4v) is 1.75. The number of thioether (sulfide) groups is 1. The van der Waals surface area contributed by atoms with Crippen molar-refractivity contribution in [2.45, 2.75) is 19.1 Å². The zero-order valence-corrected chi connectivity index (χ0v) is 8.96. The Morgan fingerprint density at radius 2 is 2.27 bits per heavy atom. The van der Waals surface area contributed by atoms with Crippen LogP contribution in [0.4, 0.5) is 0 Å². The summed E-state index contributed by atoms with van der Waals surface area (Å²) in [7, 11) is 0. The summed E-state index contributed by atoms with van der Waals surface area (Å²) in [5, 5.41) is 1.75. The molecule has 1 aromatic rings. The van der Waals surface area contributed by atoms with E-state index in [2.05, 4.69) is 20.9 Å². The van der Waals surface area contributed by atoms with Crippen LogP contribution >= 0.6 is 27.7 Å². The molecule has 0 amide bonds. The van der Waals surface area contributed by atoms with Crippen molar-refractivity contribution in [1.29, 1.82) is 0 Å². The molecule has 2 nitrogen and oxygen atoms in total. The third-order valence-electron chi connectivity index (χ3n) is 1.31. The van der Waals surface area contributed by atoms with E-state index >= 15 is 0 Å². The Balaban J connectivity index is 2.58. The number of aromatic nitrogens is 1. The molecule has 0 aromatic carbocycles. The van der Waals surface area contributed by atoms with Crippen molar-refractivity contribution in [2.75, 3.05) is 11.1 Å². The molecule has 0 spiro atoms. The van der Waals surface area contributed by atoms with Crippen LogP contribution in [-0.4, -0.2) is 16.1 Å². The summed E-state index contributed by atoms with van der Waals surface area (Å²) in [4.78, 5) is 4.22. The maximum Gasteiger partial charge on any atom is 0.256 e. The van der Waals surface area contributed by atoms with E-state index in [1.165, 1.54) is 0 Å². The highest BCUT2D eigenvalue weighted by molar-refractivity contribution is 9.09. The molecular weight excluding hydrogens is 226 g/mol. The lowest BCUT2D eigenvalue weighted by molar-refractivity contribution is 0.431. The average Bonchev–Trinajstić information content (AvgIpc) is 2.28. The van der Waals surface area contributed by atoms with E-state index in [9.17, 15) is 0 Å². The minimum absolute atomic E-state index is 0.777. The van der Waals surface area contributed by atoms with Gasteiger partial charge in [0.2, 0.25) is 0 Å². The second kappa shape index (κ2) is 4.16. The van der Waals surface area contributed by atoms with E-state index in [0.717, 1.165) is 27.8 Å². The number of nitrogens with zero attached hydrogens (tertiary/aromatic N) is 1. The summed E-state index contributed by atoms with van der Waals surface area (Å²) >= 11 is 4.97. The predicted octanol–water partition coefficient (Wildman–Crippen LogP) is 2.78. The number of aryl methyl sites for hydroxylation is 2. The van der Waals surface area contributed by atoms with Gasteiger partial charge in [-0.2, -0.15) is 0 Å². The molecule has 0 aliphatic heterocycles. The van der Waals surface area contributed by atoms with Gasteiger partial charge in [-0.3, -0.25) is 0 Å². The summed E-state index contributed by atoms with van der Waals surface area (Å²) in [6.45, 7) is 3.89. The molecule has 0 bridgehead atoms. The summed E-state index contributed by atoms with van der Waals surface area (Å²) in [6.07, 6.45) is 0. The molecule has 1 aromatic heterocycles. The van der Waals surface area contributed by atoms with Crippen molar-refractivity contribution in [2.24, 2.45) is 0 Å². The van der Waals surface area contributed by atoms with Crippen molar-refractivity contribution >= 4 is 27.7 Å². The highest BCUT2D eigenvalue weighted by atomic mass is 79.9. The maximum absolute atomic E-state index is 5.35. The summed E-state index contributed by atoms with van der Waals surface area (Å²) in [5.74, 6) is 1.92. The van der Waals surface area contributed by atoms with Gasteiger partial charge in [0, 0.05) is 11.1 Å². The number of hydrogen-bond acceptors (Lipinski definition) is 3. The topological polar surface area (TPSA) is 26.0 Å². The van der Waals surface area contributed by atoms with Gasteiger partial charge >= 0.3 is 0 Å². The minimum atomic E-state index is 0.777. The molecule has 11 heavy (non-hydrogen) atoms. The fourth-order valence-electron chi connectivity index (χ4n) is 0.631. The molecule has 0 saturated heterocycles. The average molecular weight is 236 g/mol. The molecule has 0 radical (unpaired) electrons. The molecule has 1 rings (SSSR count). The Bertz CT molecular complexity index is 217. The quantitative estimate of drug-likeness (QED) is 0.596. The first-order valence-corrected chi connectivity index (χ1v) is 5.47. The Kier molecular flexibility index (Phi) is 3.45. The molecule has 62 valence electrons. The van der Waals surface area contributed by atoms with Gasteiger partial charge in [0.15, 0.2) is 0 Å². The third-order valence-corrected chi connectivity index (χ3v) is 3.06. The number of hydrogen-bond donors (Lipinski definition) is 0. The fraction of sp³-hybridized carbons (Fsp3) is 0.571. The Hall–Kier alpha value is 0.0400. The molecule has 0 N–H and O–H groups in total. The van der Waals surface area contributed by atoms with E-state index < -0.39 is 0 Å². The molecule has 0 atom stereocenters. The predicted molar refractivity (Wildman–Crippen MR) is 50.5 cm³/mol. The monoisotopic (exact) mass is 235 g/mol. The molecule has 0 saturated carbocycles. The first-order valence-electron chi connectivity index (χ1n) is 3.37. The van der Waals surface area contributed by atoms with Crippen LogP contribution in [0.1, 0.15) is 11.5 Å². The number of oxazole rings is 1. The van der Waals surface area contributed by atoms with Crippen LogP contribution < -0.4 is 0 Å². The SMILES string of the molecule is Cc1nc(SCCBr)oc1C. The van der Waals surface area contributed by atoms with Gasteiger partial charge in [-0.05, 0) is 13.8 Å². The van der Waals surface area contributed by atoms with Gasteiger partial charge in [0.1, 0.15) is 5.76 Å². The largest absolute Gasteiger partial charge is 0.437 e. The van der Waals surface area contributed by atoms with Crippen molar-refractivity contribution in [1.82, 2.24) is 4.98 Å². The lowest BCUT2D eigenvalue weighted by atomic mass is 10.4. The standard InChI is InChI=1S/C7H10BrNOS/c1-5-6(2)10-7(9-5)11-4-3-8/h3-4H2,1-2H3. The maximum atomic E-state index is 5.35. The second-order valence-corrected chi connectivity index (χ2v) is 4.00. The van der Waals surface area contributed by atoms with Crippen molar-refractivity contribution in [3.05, 3.63) is 11.5 Å². The van der Waals surface area contributed by atoms with Crippen LogP contribution in [0.3, 0.4) is 0 Å². The van der Waals surface area contributed by atoms with Crippen LogP contribution in [-0.2, 0) is 0 Å². The molecule has 0 aliphatic carbocycles. The Labute approximate surface area is 78.9 Å². The summed E-state index contributed by atoms with van der Waals surface area (Å²) < 4.78 is 5.35. The number of alkyl halides is 1. The lowest BCUT2D eigenvalue weighted by Gasteiger charge is -1.88. The summed E-state index contributed by atoms with van der Waals surface area (Å²) in [5.41, 5.74) is 0.988. The van der Waals surface area contributed by atoms with Gasteiger partial charge < -0.3 is 4.42 Å². The van der Waals surface area contributed by atoms with E-state index in [4.69, 9.17) is 4.42 Å². The molecule has 0 unspecified atom stereocenters. The van der Waals surface area contributed by atoms with E-state index in [1.807, 2.05) is 13.8 Å². The van der Waals surface area contributed by atoms with E-state index in [1.54, 1.807) is 11.8 Å². The van der Waals surface area contributed by atoms with Gasteiger partial charge in [-0.1, -0.05) is 27.7 Å². The van der Waals surface area contributed by atoms with Crippen molar-refractivity contribution in [3.63, 3.8) is 0 Å². The zero-order chi connectivity index (χ0) is 8.27. The first-order chi connectivity index (χ1) is 5.24. The highest BCUT2D eigenvalue weighted by Crippen LogP contribution is 2.19. The smallest absolute Gasteiger partial charge is 0.256 e. The van der Waals surface area contributed by atoms with Crippen molar-refractivity contribution < 1.29 is 4.42 Å². The Morgan fingerprint density at radius 3 is 2.73 bits per heavy atom. The van der Waals surface area contributed by atoms with Gasteiger partial charge in [0.25, 0.3) is 5.22 Å². The Morgan fingerprint density at radius 1 is 1.55 bits per heavy atom. The van der Waals surface area contributed by atoms with Gasteiger partial charge in [0.05, 0.1) is 5.69 Å². The molecule has 0 aliphatic rings. The molecule has 1 heterocycles. The van der Waals surface area contributed by atoms with E-state index in [-0.39, 0.29) is 0 Å². The number of rotatable bonds is 3. The van der Waals surface area contributed by atoms with Crippen LogP contribution in [0, 0.1) is 13.8 Å². The van der Waals surface area contributed by atoms with Gasteiger partial charge in [-0.15, -0.1) is 0 Å². The van der Waals surface area contributed by atoms with Crippen LogP contribution in [0.2, 0.25) is 0 Å². The lowest BCUT2D eigenvalue weighted by Crippen LogP contribution is -1.78. The van der Waals surface area contributed by atoms with Crippen LogP contribution in [0.25, 0.3) is 0 Å². The normalized spacial score (nSPS) is 10.5. The molecule has 4 heteroatoms. The van der Waals surface area contributed by atoms with Crippen LogP contribution in [0.5, 0.6) is 0 Å². The second-order valence-electron chi connectivity index (χ2n) is 2.16. The molecule has 0 fully saturated rings. The third kappa shape index (κ3) is 2.52.